The number of hydrogen-bond acceptors (Lipinski definition) is 6. The molecule has 0 radical (unpaired) electrons. The first kappa shape index (κ1) is 17.4. The fraction of sp³-hybridized carbons (Fsp3) is 0.375. The van der Waals surface area contributed by atoms with Crippen molar-refractivity contribution in [1.29, 1.82) is 0 Å². The van der Waals surface area contributed by atoms with E-state index < -0.39 is 40.5 Å². The Labute approximate surface area is 146 Å². The van der Waals surface area contributed by atoms with Gasteiger partial charge in [0.1, 0.15) is 6.04 Å². The van der Waals surface area contributed by atoms with Crippen molar-refractivity contribution in [3.05, 3.63) is 29.3 Å². The van der Waals surface area contributed by atoms with E-state index in [-0.39, 0.29) is 34.6 Å². The highest BCUT2D eigenvalue weighted by atomic mass is 32.2. The summed E-state index contributed by atoms with van der Waals surface area (Å²) in [5.74, 6) is -2.07. The van der Waals surface area contributed by atoms with E-state index in [1.807, 2.05) is 0 Å². The molecule has 0 saturated carbocycles. The van der Waals surface area contributed by atoms with Gasteiger partial charge in [0.05, 0.1) is 26.8 Å². The molecule has 4 amide bonds. The molecule has 1 saturated heterocycles. The summed E-state index contributed by atoms with van der Waals surface area (Å²) in [4.78, 5) is 49.9. The van der Waals surface area contributed by atoms with Gasteiger partial charge in [0, 0.05) is 12.2 Å². The van der Waals surface area contributed by atoms with Gasteiger partial charge in [0.2, 0.25) is 11.8 Å². The Morgan fingerprint density at radius 1 is 1.20 bits per heavy atom. The molecular weight excluding hydrogens is 346 g/mol. The molecule has 2 heterocycles. The lowest BCUT2D eigenvalue weighted by Gasteiger charge is -2.27. The van der Waals surface area contributed by atoms with Crippen molar-refractivity contribution in [3.8, 4) is 0 Å². The van der Waals surface area contributed by atoms with E-state index in [2.05, 4.69) is 5.32 Å². The summed E-state index contributed by atoms with van der Waals surface area (Å²) in [7, 11) is -1.47. The molecule has 1 aromatic rings. The second-order valence-electron chi connectivity index (χ2n) is 5.82. The summed E-state index contributed by atoms with van der Waals surface area (Å²) < 4.78 is 12.5. The zero-order chi connectivity index (χ0) is 18.1. The molecule has 1 fully saturated rings. The van der Waals surface area contributed by atoms with Gasteiger partial charge in [-0.2, -0.15) is 0 Å². The summed E-state index contributed by atoms with van der Waals surface area (Å²) in [5, 5.41) is 2.14. The number of piperidine rings is 1. The predicted molar refractivity (Wildman–Crippen MR) is 88.1 cm³/mol. The van der Waals surface area contributed by atoms with Crippen LogP contribution in [-0.2, 0) is 20.4 Å². The quantitative estimate of drug-likeness (QED) is 0.682. The normalized spacial score (nSPS) is 21.3. The van der Waals surface area contributed by atoms with E-state index in [0.29, 0.717) is 13.0 Å². The Kier molecular flexibility index (Phi) is 4.78. The zero-order valence-corrected chi connectivity index (χ0v) is 14.1. The molecule has 1 aromatic carbocycles. The van der Waals surface area contributed by atoms with Gasteiger partial charge in [-0.1, -0.05) is 6.07 Å². The van der Waals surface area contributed by atoms with Crippen LogP contribution in [0.25, 0.3) is 0 Å². The average Bonchev–Trinajstić information content (AvgIpc) is 2.84. The fourth-order valence-electron chi connectivity index (χ4n) is 3.00. The van der Waals surface area contributed by atoms with E-state index in [0.717, 1.165) is 4.90 Å². The van der Waals surface area contributed by atoms with Crippen LogP contribution in [0.15, 0.2) is 23.1 Å². The molecule has 25 heavy (non-hydrogen) atoms. The molecule has 2 unspecified atom stereocenters. The number of hydrogen-bond donors (Lipinski definition) is 2. The van der Waals surface area contributed by atoms with Crippen LogP contribution in [0.5, 0.6) is 0 Å². The largest absolute Gasteiger partial charge is 0.330 e. The number of carbonyl (C=O) groups excluding carboxylic acids is 4. The van der Waals surface area contributed by atoms with E-state index >= 15 is 0 Å². The average molecular weight is 363 g/mol. The van der Waals surface area contributed by atoms with Gasteiger partial charge >= 0.3 is 0 Å². The molecule has 132 valence electrons. The van der Waals surface area contributed by atoms with Crippen LogP contribution in [0.4, 0.5) is 0 Å². The number of imide groups is 2. The Morgan fingerprint density at radius 3 is 2.64 bits per heavy atom. The lowest BCUT2D eigenvalue weighted by Crippen LogP contribution is -2.54. The Balaban J connectivity index is 1.95. The molecule has 3 rings (SSSR count). The van der Waals surface area contributed by atoms with Crippen molar-refractivity contribution in [2.24, 2.45) is 5.73 Å². The van der Waals surface area contributed by atoms with Crippen LogP contribution in [-0.4, -0.2) is 51.1 Å². The molecule has 9 heteroatoms. The smallest absolute Gasteiger partial charge is 0.263 e. The number of nitrogens with zero attached hydrogens (tertiary/aromatic N) is 1. The molecule has 0 aromatic heterocycles. The van der Waals surface area contributed by atoms with Gasteiger partial charge in [-0.15, -0.1) is 0 Å². The van der Waals surface area contributed by atoms with Crippen LogP contribution in [0.3, 0.4) is 0 Å². The second kappa shape index (κ2) is 6.85. The predicted octanol–water partition coefficient (Wildman–Crippen LogP) is -0.456. The minimum Gasteiger partial charge on any atom is -0.330 e. The zero-order valence-electron chi connectivity index (χ0n) is 13.3. The Hall–Kier alpha value is -2.39. The number of nitrogens with two attached hydrogens (primary N) is 1. The maximum Gasteiger partial charge on any atom is 0.263 e. The minimum absolute atomic E-state index is 0.0547. The van der Waals surface area contributed by atoms with Crippen molar-refractivity contribution >= 4 is 34.4 Å². The van der Waals surface area contributed by atoms with Gasteiger partial charge in [-0.25, -0.2) is 0 Å². The summed E-state index contributed by atoms with van der Waals surface area (Å²) in [6.07, 6.45) is 0.663. The van der Waals surface area contributed by atoms with Gasteiger partial charge in [-0.3, -0.25) is 33.6 Å². The maximum absolute atomic E-state index is 12.8. The Morgan fingerprint density at radius 2 is 1.96 bits per heavy atom. The highest BCUT2D eigenvalue weighted by molar-refractivity contribution is 7.85. The summed E-state index contributed by atoms with van der Waals surface area (Å²) in [6, 6.07) is 3.55. The van der Waals surface area contributed by atoms with E-state index in [1.54, 1.807) is 12.1 Å². The number of fused-ring (bicyclic) bond motifs is 1. The third-order valence-corrected chi connectivity index (χ3v) is 5.70. The van der Waals surface area contributed by atoms with Gasteiger partial charge in [0.25, 0.3) is 11.8 Å². The van der Waals surface area contributed by atoms with E-state index in [1.165, 1.54) is 6.07 Å². The third kappa shape index (κ3) is 3.00. The van der Waals surface area contributed by atoms with Crippen LogP contribution in [0, 0.1) is 0 Å². The fourth-order valence-corrected chi connectivity index (χ4v) is 4.30. The van der Waals surface area contributed by atoms with Crippen LogP contribution in [0.1, 0.15) is 40.0 Å². The molecular formula is C16H17N3O5S. The van der Waals surface area contributed by atoms with Crippen molar-refractivity contribution in [1.82, 2.24) is 10.2 Å². The number of rotatable bonds is 5. The molecule has 8 nitrogen and oxygen atoms in total. The van der Waals surface area contributed by atoms with Crippen LogP contribution in [0.2, 0.25) is 0 Å². The van der Waals surface area contributed by atoms with Crippen molar-refractivity contribution in [2.75, 3.05) is 12.3 Å². The van der Waals surface area contributed by atoms with Gasteiger partial charge in [-0.05, 0) is 31.5 Å². The van der Waals surface area contributed by atoms with Crippen molar-refractivity contribution in [3.63, 3.8) is 0 Å². The molecule has 3 N–H and O–H groups in total. The van der Waals surface area contributed by atoms with Gasteiger partial charge < -0.3 is 5.73 Å². The summed E-state index contributed by atoms with van der Waals surface area (Å²) in [6.45, 7) is 0.371. The van der Waals surface area contributed by atoms with E-state index in [9.17, 15) is 23.4 Å². The molecule has 2 atom stereocenters. The first-order valence-electron chi connectivity index (χ1n) is 7.88. The van der Waals surface area contributed by atoms with Crippen molar-refractivity contribution < 1.29 is 23.4 Å². The highest BCUT2D eigenvalue weighted by Crippen LogP contribution is 2.31. The Bertz CT molecular complexity index is 807. The molecule has 0 spiro atoms. The van der Waals surface area contributed by atoms with Crippen LogP contribution < -0.4 is 11.1 Å². The molecule has 2 aliphatic rings. The summed E-state index contributed by atoms with van der Waals surface area (Å²) in [5.41, 5.74) is 5.64. The SMILES string of the molecule is NCCCS(=O)c1cccc2c1C(=O)N(C1CCC(=O)NC1=O)C2=O. The first-order valence-corrected chi connectivity index (χ1v) is 9.20. The van der Waals surface area contributed by atoms with Gasteiger partial charge in [0.15, 0.2) is 0 Å². The number of benzene rings is 1. The molecule has 2 aliphatic heterocycles. The lowest BCUT2D eigenvalue weighted by atomic mass is 10.0. The van der Waals surface area contributed by atoms with E-state index in [4.69, 9.17) is 5.73 Å². The monoisotopic (exact) mass is 363 g/mol. The molecule has 0 bridgehead atoms. The third-order valence-electron chi connectivity index (χ3n) is 4.21. The number of amides is 4. The lowest BCUT2D eigenvalue weighted by molar-refractivity contribution is -0.136. The minimum atomic E-state index is -1.47. The highest BCUT2D eigenvalue weighted by Gasteiger charge is 2.45. The van der Waals surface area contributed by atoms with Crippen molar-refractivity contribution in [2.45, 2.75) is 30.2 Å². The first-order chi connectivity index (χ1) is 12.0. The number of carbonyl (C=O) groups is 4. The van der Waals surface area contributed by atoms with Crippen LogP contribution >= 0.6 is 0 Å². The number of nitrogens with one attached hydrogen (secondary N) is 1. The standard InChI is InChI=1S/C16H17N3O5S/c17-7-2-8-25(24)11-4-1-3-9-13(11)16(23)19(15(9)22)10-5-6-12(20)18-14(10)21/h1,3-4,10H,2,5-8,17H2,(H,18,20,21). The topological polar surface area (TPSA) is 127 Å². The molecule has 0 aliphatic carbocycles. The summed E-state index contributed by atoms with van der Waals surface area (Å²) >= 11 is 0. The maximum atomic E-state index is 12.8. The second-order valence-corrected chi connectivity index (χ2v) is 7.36.